The summed E-state index contributed by atoms with van der Waals surface area (Å²) in [5, 5.41) is 3.07. The molecule has 2 rings (SSSR count). The van der Waals surface area contributed by atoms with Crippen LogP contribution in [-0.4, -0.2) is 37.3 Å². The quantitative estimate of drug-likeness (QED) is 0.321. The number of guanidine groups is 1. The van der Waals surface area contributed by atoms with Crippen molar-refractivity contribution in [2.75, 3.05) is 20.3 Å². The van der Waals surface area contributed by atoms with Gasteiger partial charge in [0.1, 0.15) is 11.5 Å². The summed E-state index contributed by atoms with van der Waals surface area (Å²) in [5.41, 5.74) is 6.83. The highest BCUT2D eigenvalue weighted by Gasteiger charge is 2.04. The number of ether oxygens (including phenoxy) is 3. The molecule has 0 aliphatic heterocycles. The number of nitrogens with one attached hydrogen (secondary N) is 1. The van der Waals surface area contributed by atoms with Gasteiger partial charge in [0.05, 0.1) is 19.8 Å². The minimum atomic E-state index is 0. The van der Waals surface area contributed by atoms with Gasteiger partial charge in [-0.15, -0.1) is 24.0 Å². The third kappa shape index (κ3) is 8.44. The fourth-order valence-electron chi connectivity index (χ4n) is 2.26. The van der Waals surface area contributed by atoms with Crippen molar-refractivity contribution in [2.45, 2.75) is 26.4 Å². The molecule has 1 aromatic heterocycles. The molecule has 0 radical (unpaired) electrons. The number of aliphatic imine (C=N–C) groups is 1. The van der Waals surface area contributed by atoms with Gasteiger partial charge in [0.25, 0.3) is 0 Å². The molecule has 2 aromatic rings. The molecule has 1 heterocycles. The van der Waals surface area contributed by atoms with Crippen LogP contribution in [0.1, 0.15) is 19.4 Å². The molecule has 3 N–H and O–H groups in total. The number of methoxy groups -OCH3 is 1. The van der Waals surface area contributed by atoms with Gasteiger partial charge in [-0.25, -0.2) is 9.98 Å². The second kappa shape index (κ2) is 12.3. The van der Waals surface area contributed by atoms with Crippen LogP contribution in [-0.2, 0) is 11.3 Å². The predicted molar refractivity (Wildman–Crippen MR) is 117 cm³/mol. The van der Waals surface area contributed by atoms with E-state index < -0.39 is 0 Å². The topological polar surface area (TPSA) is 91.0 Å². The Bertz CT molecular complexity index is 710. The molecule has 0 saturated heterocycles. The van der Waals surface area contributed by atoms with E-state index in [0.29, 0.717) is 37.3 Å². The summed E-state index contributed by atoms with van der Waals surface area (Å²) < 4.78 is 16.2. The Morgan fingerprint density at radius 2 is 1.93 bits per heavy atom. The van der Waals surface area contributed by atoms with Crippen molar-refractivity contribution in [3.8, 4) is 17.4 Å². The monoisotopic (exact) mass is 486 g/mol. The molecule has 0 bridgehead atoms. The number of aromatic nitrogens is 1. The summed E-state index contributed by atoms with van der Waals surface area (Å²) in [5.74, 6) is 2.37. The molecule has 148 valence electrons. The summed E-state index contributed by atoms with van der Waals surface area (Å²) in [6, 6.07) is 11.2. The van der Waals surface area contributed by atoms with E-state index in [0.717, 1.165) is 11.3 Å². The van der Waals surface area contributed by atoms with E-state index >= 15 is 0 Å². The van der Waals surface area contributed by atoms with Gasteiger partial charge < -0.3 is 25.3 Å². The van der Waals surface area contributed by atoms with Crippen molar-refractivity contribution in [1.29, 1.82) is 0 Å². The minimum absolute atomic E-state index is 0. The van der Waals surface area contributed by atoms with Crippen molar-refractivity contribution in [2.24, 2.45) is 10.7 Å². The van der Waals surface area contributed by atoms with Crippen molar-refractivity contribution >= 4 is 29.9 Å². The van der Waals surface area contributed by atoms with E-state index in [4.69, 9.17) is 19.9 Å². The number of hydrogen-bond donors (Lipinski definition) is 2. The fraction of sp³-hybridized carbons (Fsp3) is 0.368. The summed E-state index contributed by atoms with van der Waals surface area (Å²) in [7, 11) is 1.65. The SMILES string of the molecule is CCOc1ccc(Oc2cc(CN=C(N)NC(C)COC)ccn2)cc1.I. The van der Waals surface area contributed by atoms with Crippen molar-refractivity contribution in [1.82, 2.24) is 10.3 Å². The lowest BCUT2D eigenvalue weighted by Crippen LogP contribution is -2.40. The molecule has 0 amide bonds. The maximum absolute atomic E-state index is 5.88. The minimum Gasteiger partial charge on any atom is -0.494 e. The zero-order valence-corrected chi connectivity index (χ0v) is 18.2. The maximum Gasteiger partial charge on any atom is 0.219 e. The molecule has 27 heavy (non-hydrogen) atoms. The second-order valence-corrected chi connectivity index (χ2v) is 5.71. The number of nitrogens with zero attached hydrogens (tertiary/aromatic N) is 2. The number of hydrogen-bond acceptors (Lipinski definition) is 5. The summed E-state index contributed by atoms with van der Waals surface area (Å²) in [4.78, 5) is 8.55. The zero-order valence-electron chi connectivity index (χ0n) is 15.8. The third-order valence-corrected chi connectivity index (χ3v) is 3.40. The van der Waals surface area contributed by atoms with Crippen LogP contribution in [0.5, 0.6) is 17.4 Å². The van der Waals surface area contributed by atoms with Gasteiger partial charge in [0.2, 0.25) is 5.88 Å². The number of rotatable bonds is 9. The number of benzene rings is 1. The highest BCUT2D eigenvalue weighted by atomic mass is 127. The molecular formula is C19H27IN4O3. The smallest absolute Gasteiger partial charge is 0.219 e. The first-order valence-electron chi connectivity index (χ1n) is 8.51. The van der Waals surface area contributed by atoms with E-state index in [9.17, 15) is 0 Å². The van der Waals surface area contributed by atoms with Crippen molar-refractivity contribution in [3.05, 3.63) is 48.2 Å². The van der Waals surface area contributed by atoms with Crippen LogP contribution in [0, 0.1) is 0 Å². The lowest BCUT2D eigenvalue weighted by Gasteiger charge is -2.13. The molecule has 0 fully saturated rings. The molecule has 1 unspecified atom stereocenters. The van der Waals surface area contributed by atoms with Crippen LogP contribution in [0.25, 0.3) is 0 Å². The summed E-state index contributed by atoms with van der Waals surface area (Å²) in [6.45, 7) is 5.54. The first-order chi connectivity index (χ1) is 12.6. The van der Waals surface area contributed by atoms with Gasteiger partial charge in [-0.2, -0.15) is 0 Å². The van der Waals surface area contributed by atoms with Crippen LogP contribution >= 0.6 is 24.0 Å². The van der Waals surface area contributed by atoms with Crippen molar-refractivity contribution in [3.63, 3.8) is 0 Å². The first-order valence-corrected chi connectivity index (χ1v) is 8.51. The van der Waals surface area contributed by atoms with Crippen LogP contribution in [0.2, 0.25) is 0 Å². The van der Waals surface area contributed by atoms with Crippen LogP contribution < -0.4 is 20.5 Å². The molecule has 1 aromatic carbocycles. The molecular weight excluding hydrogens is 459 g/mol. The number of pyridine rings is 1. The first kappa shape index (κ1) is 23.0. The van der Waals surface area contributed by atoms with E-state index in [2.05, 4.69) is 15.3 Å². The highest BCUT2D eigenvalue weighted by molar-refractivity contribution is 14.0. The van der Waals surface area contributed by atoms with E-state index in [1.54, 1.807) is 13.3 Å². The van der Waals surface area contributed by atoms with Gasteiger partial charge in [-0.3, -0.25) is 0 Å². The Hall–Kier alpha value is -2.07. The Kier molecular flexibility index (Phi) is 10.5. The van der Waals surface area contributed by atoms with Crippen LogP contribution in [0.3, 0.4) is 0 Å². The molecule has 7 nitrogen and oxygen atoms in total. The Balaban J connectivity index is 0.00000364. The van der Waals surface area contributed by atoms with Gasteiger partial charge in [-0.05, 0) is 49.7 Å². The Labute approximate surface area is 177 Å². The summed E-state index contributed by atoms with van der Waals surface area (Å²) >= 11 is 0. The lowest BCUT2D eigenvalue weighted by molar-refractivity contribution is 0.179. The van der Waals surface area contributed by atoms with Gasteiger partial charge in [-0.1, -0.05) is 0 Å². The average molecular weight is 486 g/mol. The third-order valence-electron chi connectivity index (χ3n) is 3.40. The predicted octanol–water partition coefficient (Wildman–Crippen LogP) is 3.33. The van der Waals surface area contributed by atoms with Crippen molar-refractivity contribution < 1.29 is 14.2 Å². The van der Waals surface area contributed by atoms with Gasteiger partial charge >= 0.3 is 0 Å². The molecule has 0 spiro atoms. The maximum atomic E-state index is 5.88. The normalized spacial score (nSPS) is 12.0. The molecule has 1 atom stereocenters. The van der Waals surface area contributed by atoms with E-state index in [1.165, 1.54) is 0 Å². The van der Waals surface area contributed by atoms with E-state index in [-0.39, 0.29) is 30.0 Å². The van der Waals surface area contributed by atoms with Gasteiger partial charge in [0, 0.05) is 25.4 Å². The molecule has 0 saturated carbocycles. The van der Waals surface area contributed by atoms with Gasteiger partial charge in [0.15, 0.2) is 5.96 Å². The van der Waals surface area contributed by atoms with Crippen LogP contribution in [0.15, 0.2) is 47.6 Å². The lowest BCUT2D eigenvalue weighted by atomic mass is 10.2. The Morgan fingerprint density at radius 1 is 1.22 bits per heavy atom. The second-order valence-electron chi connectivity index (χ2n) is 5.71. The Morgan fingerprint density at radius 3 is 2.59 bits per heavy atom. The zero-order chi connectivity index (χ0) is 18.8. The molecule has 0 aliphatic rings. The van der Waals surface area contributed by atoms with E-state index in [1.807, 2.05) is 50.2 Å². The highest BCUT2D eigenvalue weighted by Crippen LogP contribution is 2.23. The average Bonchev–Trinajstić information content (AvgIpc) is 2.62. The molecule has 0 aliphatic carbocycles. The number of halogens is 1. The molecule has 8 heteroatoms. The van der Waals surface area contributed by atoms with Crippen LogP contribution in [0.4, 0.5) is 0 Å². The largest absolute Gasteiger partial charge is 0.494 e. The standard InChI is InChI=1S/C19H26N4O3.HI/c1-4-25-16-5-7-17(8-6-16)26-18-11-15(9-10-21-18)12-22-19(20)23-14(2)13-24-3;/h5-11,14H,4,12-13H2,1-3H3,(H3,20,22,23);1H. The summed E-state index contributed by atoms with van der Waals surface area (Å²) in [6.07, 6.45) is 1.69. The fourth-order valence-corrected chi connectivity index (χ4v) is 2.26. The number of nitrogens with two attached hydrogens (primary N) is 1.